The molecule has 0 aromatic heterocycles. The summed E-state index contributed by atoms with van der Waals surface area (Å²) in [6, 6.07) is 22.3. The summed E-state index contributed by atoms with van der Waals surface area (Å²) in [6.07, 6.45) is 3.00. The van der Waals surface area contributed by atoms with Crippen molar-refractivity contribution in [3.63, 3.8) is 0 Å². The maximum atomic E-state index is 12.8. The molecule has 0 radical (unpaired) electrons. The fourth-order valence-electron chi connectivity index (χ4n) is 3.36. The van der Waals surface area contributed by atoms with Gasteiger partial charge in [-0.15, -0.1) is 0 Å². The van der Waals surface area contributed by atoms with Gasteiger partial charge in [-0.3, -0.25) is 4.79 Å². The molecule has 34 heavy (non-hydrogen) atoms. The maximum Gasteiger partial charge on any atom is 0.341 e. The third-order valence-electron chi connectivity index (χ3n) is 5.04. The SMILES string of the molecule is COCc1ccc(OCC(=O)O)c(NC(=O)c2ccc(OCCCCc3ccccc3)cc2)c1. The molecule has 0 atom stereocenters. The first kappa shape index (κ1) is 24.8. The zero-order valence-corrected chi connectivity index (χ0v) is 19.2. The largest absolute Gasteiger partial charge is 0.494 e. The molecule has 0 saturated heterocycles. The number of aryl methyl sites for hydroxylation is 1. The number of methoxy groups -OCH3 is 1. The molecule has 0 heterocycles. The van der Waals surface area contributed by atoms with Crippen LogP contribution in [0.15, 0.2) is 72.8 Å². The van der Waals surface area contributed by atoms with Crippen LogP contribution in [0.4, 0.5) is 5.69 Å². The Labute approximate surface area is 199 Å². The van der Waals surface area contributed by atoms with Gasteiger partial charge in [0.1, 0.15) is 11.5 Å². The quantitative estimate of drug-likeness (QED) is 0.348. The Morgan fingerprint density at radius 1 is 0.882 bits per heavy atom. The third-order valence-corrected chi connectivity index (χ3v) is 5.04. The lowest BCUT2D eigenvalue weighted by atomic mass is 10.1. The van der Waals surface area contributed by atoms with Crippen molar-refractivity contribution in [2.24, 2.45) is 0 Å². The molecule has 3 aromatic carbocycles. The summed E-state index contributed by atoms with van der Waals surface area (Å²) in [6.45, 7) is 0.443. The molecule has 0 aliphatic rings. The summed E-state index contributed by atoms with van der Waals surface area (Å²) in [5, 5.41) is 11.7. The summed E-state index contributed by atoms with van der Waals surface area (Å²) in [4.78, 5) is 23.6. The smallest absolute Gasteiger partial charge is 0.341 e. The number of rotatable bonds is 13. The fourth-order valence-corrected chi connectivity index (χ4v) is 3.36. The molecule has 3 aromatic rings. The summed E-state index contributed by atoms with van der Waals surface area (Å²) < 4.78 is 16.2. The number of carbonyl (C=O) groups is 2. The van der Waals surface area contributed by atoms with Crippen molar-refractivity contribution in [2.75, 3.05) is 25.6 Å². The number of unbranched alkanes of at least 4 members (excludes halogenated alkanes) is 1. The highest BCUT2D eigenvalue weighted by Crippen LogP contribution is 2.27. The number of hydrogen-bond acceptors (Lipinski definition) is 5. The predicted octanol–water partition coefficient (Wildman–Crippen LogP) is 4.95. The number of aliphatic carboxylic acids is 1. The minimum absolute atomic E-state index is 0.269. The van der Waals surface area contributed by atoms with Crippen molar-refractivity contribution in [3.8, 4) is 11.5 Å². The van der Waals surface area contributed by atoms with Crippen molar-refractivity contribution in [1.82, 2.24) is 0 Å². The van der Waals surface area contributed by atoms with Crippen LogP contribution in [0, 0.1) is 0 Å². The van der Waals surface area contributed by atoms with Crippen molar-refractivity contribution in [2.45, 2.75) is 25.9 Å². The number of benzene rings is 3. The van der Waals surface area contributed by atoms with Gasteiger partial charge in [0.15, 0.2) is 6.61 Å². The molecule has 2 N–H and O–H groups in total. The topological polar surface area (TPSA) is 94.1 Å². The van der Waals surface area contributed by atoms with Crippen LogP contribution in [0.5, 0.6) is 11.5 Å². The highest BCUT2D eigenvalue weighted by molar-refractivity contribution is 6.05. The lowest BCUT2D eigenvalue weighted by molar-refractivity contribution is -0.139. The average molecular weight is 464 g/mol. The molecule has 0 aliphatic carbocycles. The van der Waals surface area contributed by atoms with Gasteiger partial charge in [-0.1, -0.05) is 36.4 Å². The van der Waals surface area contributed by atoms with E-state index in [2.05, 4.69) is 17.4 Å². The minimum atomic E-state index is -1.10. The lowest BCUT2D eigenvalue weighted by Crippen LogP contribution is -2.15. The van der Waals surface area contributed by atoms with Crippen LogP contribution < -0.4 is 14.8 Å². The van der Waals surface area contributed by atoms with E-state index in [0.717, 1.165) is 24.8 Å². The van der Waals surface area contributed by atoms with E-state index in [1.807, 2.05) is 18.2 Å². The van der Waals surface area contributed by atoms with Crippen molar-refractivity contribution in [1.29, 1.82) is 0 Å². The Balaban J connectivity index is 1.53. The van der Waals surface area contributed by atoms with E-state index in [4.69, 9.17) is 19.3 Å². The summed E-state index contributed by atoms with van der Waals surface area (Å²) in [5.74, 6) is -0.479. The van der Waals surface area contributed by atoms with Gasteiger partial charge < -0.3 is 24.6 Å². The van der Waals surface area contributed by atoms with E-state index < -0.39 is 12.6 Å². The van der Waals surface area contributed by atoms with Gasteiger partial charge in [0.25, 0.3) is 5.91 Å². The van der Waals surface area contributed by atoms with Gasteiger partial charge in [0.2, 0.25) is 0 Å². The lowest BCUT2D eigenvalue weighted by Gasteiger charge is -2.13. The molecule has 1 amide bonds. The average Bonchev–Trinajstić information content (AvgIpc) is 2.84. The Kier molecular flexibility index (Phi) is 9.49. The third kappa shape index (κ3) is 7.94. The minimum Gasteiger partial charge on any atom is -0.494 e. The Morgan fingerprint density at radius 2 is 1.65 bits per heavy atom. The monoisotopic (exact) mass is 463 g/mol. The summed E-state index contributed by atoms with van der Waals surface area (Å²) in [7, 11) is 1.57. The first-order valence-electron chi connectivity index (χ1n) is 11.1. The van der Waals surface area contributed by atoms with E-state index in [-0.39, 0.29) is 11.7 Å². The van der Waals surface area contributed by atoms with Gasteiger partial charge in [0, 0.05) is 12.7 Å². The molecule has 0 spiro atoms. The van der Waals surface area contributed by atoms with Crippen molar-refractivity contribution < 1.29 is 28.9 Å². The number of ether oxygens (including phenoxy) is 3. The van der Waals surface area contributed by atoms with Crippen LogP contribution in [0.1, 0.15) is 34.3 Å². The molecule has 0 fully saturated rings. The second-order valence-corrected chi connectivity index (χ2v) is 7.72. The Morgan fingerprint density at radius 3 is 2.35 bits per heavy atom. The van der Waals surface area contributed by atoms with E-state index in [1.165, 1.54) is 5.56 Å². The Hall–Kier alpha value is -3.84. The van der Waals surface area contributed by atoms with Crippen LogP contribution in [-0.4, -0.2) is 37.3 Å². The van der Waals surface area contributed by atoms with Gasteiger partial charge in [0.05, 0.1) is 18.9 Å². The van der Waals surface area contributed by atoms with Crippen LogP contribution in [0.3, 0.4) is 0 Å². The normalized spacial score (nSPS) is 10.5. The summed E-state index contributed by atoms with van der Waals surface area (Å²) >= 11 is 0. The standard InChI is InChI=1S/C27H29NO6/c1-32-18-21-10-15-25(34-19-26(29)30)24(17-21)28-27(31)22-11-13-23(14-12-22)33-16-6-5-9-20-7-3-2-4-8-20/h2-4,7-8,10-15,17H,5-6,9,16,18-19H2,1H3,(H,28,31)(H,29,30). The number of nitrogens with one attached hydrogen (secondary N) is 1. The molecule has 0 bridgehead atoms. The molecule has 7 heteroatoms. The van der Waals surface area contributed by atoms with E-state index in [0.29, 0.717) is 30.2 Å². The molecule has 3 rings (SSSR count). The molecule has 0 saturated carbocycles. The zero-order valence-electron chi connectivity index (χ0n) is 19.2. The van der Waals surface area contributed by atoms with Gasteiger partial charge in [-0.25, -0.2) is 4.79 Å². The van der Waals surface area contributed by atoms with Crippen LogP contribution >= 0.6 is 0 Å². The fraction of sp³-hybridized carbons (Fsp3) is 0.259. The Bertz CT molecular complexity index is 1070. The predicted molar refractivity (Wildman–Crippen MR) is 130 cm³/mol. The number of amides is 1. The number of hydrogen-bond donors (Lipinski definition) is 2. The first-order chi connectivity index (χ1) is 16.5. The van der Waals surface area contributed by atoms with Gasteiger partial charge in [-0.05, 0) is 66.8 Å². The zero-order chi connectivity index (χ0) is 24.2. The molecular formula is C27H29NO6. The highest BCUT2D eigenvalue weighted by atomic mass is 16.5. The molecular weight excluding hydrogens is 434 g/mol. The second kappa shape index (κ2) is 13.0. The maximum absolute atomic E-state index is 12.8. The van der Waals surface area contributed by atoms with Crippen LogP contribution in [0.25, 0.3) is 0 Å². The van der Waals surface area contributed by atoms with Gasteiger partial charge in [-0.2, -0.15) is 0 Å². The number of carboxylic acids is 1. The number of carbonyl (C=O) groups excluding carboxylic acids is 1. The van der Waals surface area contributed by atoms with Crippen molar-refractivity contribution >= 4 is 17.6 Å². The summed E-state index contributed by atoms with van der Waals surface area (Å²) in [5.41, 5.74) is 2.95. The van der Waals surface area contributed by atoms with E-state index >= 15 is 0 Å². The molecule has 0 aliphatic heterocycles. The number of anilines is 1. The molecule has 0 unspecified atom stereocenters. The molecule has 7 nitrogen and oxygen atoms in total. The number of carboxylic acid groups (broad SMARTS) is 1. The van der Waals surface area contributed by atoms with E-state index in [1.54, 1.807) is 49.6 Å². The van der Waals surface area contributed by atoms with Crippen molar-refractivity contribution in [3.05, 3.63) is 89.5 Å². The first-order valence-corrected chi connectivity index (χ1v) is 11.1. The van der Waals surface area contributed by atoms with Gasteiger partial charge >= 0.3 is 5.97 Å². The second-order valence-electron chi connectivity index (χ2n) is 7.72. The van der Waals surface area contributed by atoms with Crippen LogP contribution in [-0.2, 0) is 22.6 Å². The molecule has 178 valence electrons. The van der Waals surface area contributed by atoms with E-state index in [9.17, 15) is 9.59 Å². The highest BCUT2D eigenvalue weighted by Gasteiger charge is 2.13. The van der Waals surface area contributed by atoms with Crippen LogP contribution in [0.2, 0.25) is 0 Å².